The van der Waals surface area contributed by atoms with Gasteiger partial charge in [0.05, 0.1) is 6.42 Å². The summed E-state index contributed by atoms with van der Waals surface area (Å²) in [7, 11) is 0. The van der Waals surface area contributed by atoms with Crippen molar-refractivity contribution >= 4 is 16.8 Å². The van der Waals surface area contributed by atoms with Crippen LogP contribution in [0.15, 0.2) is 54.7 Å². The Hall–Kier alpha value is -2.62. The summed E-state index contributed by atoms with van der Waals surface area (Å²) in [5.74, 6) is -0.274. The van der Waals surface area contributed by atoms with Crippen LogP contribution in [0.1, 0.15) is 11.1 Å². The number of hydrogen-bond donors (Lipinski definition) is 2. The van der Waals surface area contributed by atoms with Crippen LogP contribution in [-0.2, 0) is 17.6 Å². The Morgan fingerprint density at radius 2 is 2.00 bits per heavy atom. The monoisotopic (exact) mass is 296 g/mol. The Morgan fingerprint density at radius 3 is 2.86 bits per heavy atom. The first-order valence-electron chi connectivity index (χ1n) is 7.28. The molecule has 3 rings (SSSR count). The lowest BCUT2D eigenvalue weighted by Gasteiger charge is -2.05. The van der Waals surface area contributed by atoms with Gasteiger partial charge in [0.15, 0.2) is 0 Å². The third-order valence-corrected chi connectivity index (χ3v) is 3.65. The molecule has 112 valence electrons. The molecule has 0 aliphatic carbocycles. The molecular formula is C18H17FN2O. The zero-order valence-electron chi connectivity index (χ0n) is 12.1. The Morgan fingerprint density at radius 1 is 1.14 bits per heavy atom. The minimum Gasteiger partial charge on any atom is -0.361 e. The smallest absolute Gasteiger partial charge is 0.224 e. The van der Waals surface area contributed by atoms with Gasteiger partial charge in [0.25, 0.3) is 0 Å². The maximum atomic E-state index is 13.1. The second-order valence-corrected chi connectivity index (χ2v) is 5.27. The van der Waals surface area contributed by atoms with E-state index in [1.165, 1.54) is 12.1 Å². The van der Waals surface area contributed by atoms with E-state index in [1.54, 1.807) is 6.07 Å². The minimum absolute atomic E-state index is 0.0267. The number of nitrogens with one attached hydrogen (secondary N) is 2. The molecule has 4 heteroatoms. The number of hydrogen-bond acceptors (Lipinski definition) is 1. The Labute approximate surface area is 128 Å². The number of aromatic nitrogens is 1. The van der Waals surface area contributed by atoms with Gasteiger partial charge in [0.2, 0.25) is 5.91 Å². The summed E-state index contributed by atoms with van der Waals surface area (Å²) in [4.78, 5) is 15.2. The summed E-state index contributed by atoms with van der Waals surface area (Å²) in [6.45, 7) is 0.505. The van der Waals surface area contributed by atoms with E-state index in [2.05, 4.69) is 10.3 Å². The van der Waals surface area contributed by atoms with Gasteiger partial charge in [-0.15, -0.1) is 0 Å². The Bertz CT molecular complexity index is 794. The van der Waals surface area contributed by atoms with Crippen molar-refractivity contribution in [2.45, 2.75) is 12.8 Å². The maximum absolute atomic E-state index is 13.1. The molecule has 0 radical (unpaired) electrons. The molecule has 0 unspecified atom stereocenters. The first-order chi connectivity index (χ1) is 10.7. The van der Waals surface area contributed by atoms with Crippen molar-refractivity contribution in [2.75, 3.05) is 6.54 Å². The average molecular weight is 296 g/mol. The molecule has 0 saturated carbocycles. The highest BCUT2D eigenvalue weighted by atomic mass is 19.1. The summed E-state index contributed by atoms with van der Waals surface area (Å²) in [5, 5.41) is 3.95. The molecule has 0 aliphatic rings. The van der Waals surface area contributed by atoms with Crippen molar-refractivity contribution in [3.63, 3.8) is 0 Å². The normalized spacial score (nSPS) is 10.8. The fraction of sp³-hybridized carbons (Fsp3) is 0.167. The highest BCUT2D eigenvalue weighted by Gasteiger charge is 2.08. The Kier molecular flexibility index (Phi) is 4.19. The molecule has 3 nitrogen and oxygen atoms in total. The molecule has 22 heavy (non-hydrogen) atoms. The van der Waals surface area contributed by atoms with Crippen LogP contribution in [0.3, 0.4) is 0 Å². The van der Waals surface area contributed by atoms with Gasteiger partial charge in [-0.1, -0.05) is 30.3 Å². The molecule has 1 heterocycles. The lowest BCUT2D eigenvalue weighted by Crippen LogP contribution is -2.27. The van der Waals surface area contributed by atoms with Crippen LogP contribution in [0, 0.1) is 5.82 Å². The molecule has 0 spiro atoms. The number of halogens is 1. The highest BCUT2D eigenvalue weighted by Crippen LogP contribution is 2.17. The standard InChI is InChI=1S/C18H17FN2O/c19-15-5-3-4-13(10-15)8-9-20-18(22)11-14-12-21-17-7-2-1-6-16(14)17/h1-7,10,12,21H,8-9,11H2,(H,20,22). The second kappa shape index (κ2) is 6.43. The van der Waals surface area contributed by atoms with Crippen molar-refractivity contribution in [3.8, 4) is 0 Å². The van der Waals surface area contributed by atoms with Crippen molar-refractivity contribution in [1.82, 2.24) is 10.3 Å². The SMILES string of the molecule is O=C(Cc1c[nH]c2ccccc12)NCCc1cccc(F)c1. The molecule has 0 bridgehead atoms. The lowest BCUT2D eigenvalue weighted by molar-refractivity contribution is -0.120. The van der Waals surface area contributed by atoms with Crippen LogP contribution >= 0.6 is 0 Å². The van der Waals surface area contributed by atoms with Crippen molar-refractivity contribution < 1.29 is 9.18 Å². The van der Waals surface area contributed by atoms with Crippen LogP contribution < -0.4 is 5.32 Å². The zero-order chi connectivity index (χ0) is 15.4. The number of rotatable bonds is 5. The predicted molar refractivity (Wildman–Crippen MR) is 85.1 cm³/mol. The molecule has 3 aromatic rings. The quantitative estimate of drug-likeness (QED) is 0.746. The zero-order valence-corrected chi connectivity index (χ0v) is 12.1. The van der Waals surface area contributed by atoms with Crippen molar-refractivity contribution in [1.29, 1.82) is 0 Å². The topological polar surface area (TPSA) is 44.9 Å². The van der Waals surface area contributed by atoms with E-state index in [-0.39, 0.29) is 11.7 Å². The minimum atomic E-state index is -0.248. The van der Waals surface area contributed by atoms with Crippen LogP contribution in [0.5, 0.6) is 0 Å². The molecular weight excluding hydrogens is 279 g/mol. The fourth-order valence-corrected chi connectivity index (χ4v) is 2.55. The lowest BCUT2D eigenvalue weighted by atomic mass is 10.1. The van der Waals surface area contributed by atoms with Crippen molar-refractivity contribution in [2.24, 2.45) is 0 Å². The van der Waals surface area contributed by atoms with Gasteiger partial charge in [-0.25, -0.2) is 4.39 Å². The molecule has 0 saturated heterocycles. The average Bonchev–Trinajstić information content (AvgIpc) is 2.91. The van der Waals surface area contributed by atoms with Crippen LogP contribution in [0.2, 0.25) is 0 Å². The second-order valence-electron chi connectivity index (χ2n) is 5.27. The van der Waals surface area contributed by atoms with E-state index in [0.717, 1.165) is 22.0 Å². The van der Waals surface area contributed by atoms with Gasteiger partial charge < -0.3 is 10.3 Å². The van der Waals surface area contributed by atoms with Crippen LogP contribution in [-0.4, -0.2) is 17.4 Å². The molecule has 1 aromatic heterocycles. The van der Waals surface area contributed by atoms with E-state index in [0.29, 0.717) is 19.4 Å². The molecule has 0 atom stereocenters. The number of amides is 1. The van der Waals surface area contributed by atoms with Gasteiger partial charge in [0, 0.05) is 23.6 Å². The fourth-order valence-electron chi connectivity index (χ4n) is 2.55. The van der Waals surface area contributed by atoms with E-state index < -0.39 is 0 Å². The summed E-state index contributed by atoms with van der Waals surface area (Å²) in [5.41, 5.74) is 2.90. The van der Waals surface area contributed by atoms with E-state index >= 15 is 0 Å². The van der Waals surface area contributed by atoms with Gasteiger partial charge in [-0.05, 0) is 35.7 Å². The van der Waals surface area contributed by atoms with E-state index in [1.807, 2.05) is 36.5 Å². The van der Waals surface area contributed by atoms with E-state index in [4.69, 9.17) is 0 Å². The van der Waals surface area contributed by atoms with Gasteiger partial charge in [-0.2, -0.15) is 0 Å². The third-order valence-electron chi connectivity index (χ3n) is 3.65. The first kappa shape index (κ1) is 14.3. The molecule has 0 fully saturated rings. The summed E-state index contributed by atoms with van der Waals surface area (Å²) in [6.07, 6.45) is 2.83. The maximum Gasteiger partial charge on any atom is 0.224 e. The summed E-state index contributed by atoms with van der Waals surface area (Å²) < 4.78 is 13.1. The largest absolute Gasteiger partial charge is 0.361 e. The van der Waals surface area contributed by atoms with Gasteiger partial charge >= 0.3 is 0 Å². The summed E-state index contributed by atoms with van der Waals surface area (Å²) in [6, 6.07) is 14.4. The first-order valence-corrected chi connectivity index (χ1v) is 7.28. The third kappa shape index (κ3) is 3.34. The molecule has 1 amide bonds. The molecule has 2 aromatic carbocycles. The number of carbonyl (C=O) groups is 1. The predicted octanol–water partition coefficient (Wildman–Crippen LogP) is 3.21. The number of benzene rings is 2. The van der Waals surface area contributed by atoms with Crippen LogP contribution in [0.4, 0.5) is 4.39 Å². The number of H-pyrrole nitrogens is 1. The number of aromatic amines is 1. The van der Waals surface area contributed by atoms with Crippen LogP contribution in [0.25, 0.3) is 10.9 Å². The molecule has 0 aliphatic heterocycles. The Balaban J connectivity index is 1.54. The molecule has 2 N–H and O–H groups in total. The van der Waals surface area contributed by atoms with Gasteiger partial charge in [-0.3, -0.25) is 4.79 Å². The van der Waals surface area contributed by atoms with Gasteiger partial charge in [0.1, 0.15) is 5.82 Å². The van der Waals surface area contributed by atoms with Crippen molar-refractivity contribution in [3.05, 3.63) is 71.7 Å². The number of fused-ring (bicyclic) bond motifs is 1. The van der Waals surface area contributed by atoms with E-state index in [9.17, 15) is 9.18 Å². The number of carbonyl (C=O) groups excluding carboxylic acids is 1. The number of para-hydroxylation sites is 1. The summed E-state index contributed by atoms with van der Waals surface area (Å²) >= 11 is 0. The highest BCUT2D eigenvalue weighted by molar-refractivity contribution is 5.88.